The highest BCUT2D eigenvalue weighted by atomic mass is 16.5. The first kappa shape index (κ1) is 11.7. The quantitative estimate of drug-likeness (QED) is 0.754. The van der Waals surface area contributed by atoms with Gasteiger partial charge in [-0.15, -0.1) is 0 Å². The molecule has 0 spiro atoms. The second-order valence-corrected chi connectivity index (χ2v) is 4.03. The number of benzene rings is 1. The van der Waals surface area contributed by atoms with Gasteiger partial charge >= 0.3 is 5.97 Å². The molecule has 1 saturated heterocycles. The molecule has 1 heterocycles. The Morgan fingerprint density at radius 1 is 1.35 bits per heavy atom. The zero-order chi connectivity index (χ0) is 12.3. The Hall–Kier alpha value is -1.75. The Bertz CT molecular complexity index is 412. The molecule has 17 heavy (non-hydrogen) atoms. The lowest BCUT2D eigenvalue weighted by Crippen LogP contribution is -2.26. The minimum Gasteiger partial charge on any atom is -0.478 e. The van der Waals surface area contributed by atoms with Crippen molar-refractivity contribution in [3.63, 3.8) is 0 Å². The van der Waals surface area contributed by atoms with Crippen molar-refractivity contribution in [1.82, 2.24) is 0 Å². The number of anilines is 2. The van der Waals surface area contributed by atoms with Gasteiger partial charge in [-0.05, 0) is 24.6 Å². The number of hydrogen-bond acceptors (Lipinski definition) is 4. The number of carboxylic acids is 1. The average molecular weight is 236 g/mol. The first-order chi connectivity index (χ1) is 8.18. The van der Waals surface area contributed by atoms with E-state index in [1.807, 2.05) is 6.07 Å². The van der Waals surface area contributed by atoms with Crippen LogP contribution < -0.4 is 10.6 Å². The monoisotopic (exact) mass is 236 g/mol. The van der Waals surface area contributed by atoms with Crippen LogP contribution in [-0.4, -0.2) is 37.4 Å². The van der Waals surface area contributed by atoms with E-state index in [0.717, 1.165) is 31.8 Å². The number of aromatic carboxylic acids is 1. The van der Waals surface area contributed by atoms with Crippen LogP contribution in [0.5, 0.6) is 0 Å². The number of ether oxygens (including phenoxy) is 1. The van der Waals surface area contributed by atoms with E-state index < -0.39 is 5.97 Å². The lowest BCUT2D eigenvalue weighted by molar-refractivity contribution is 0.0698. The van der Waals surface area contributed by atoms with E-state index in [4.69, 9.17) is 15.6 Å². The number of nitrogen functional groups attached to an aromatic ring is 1. The molecule has 0 aromatic heterocycles. The molecule has 1 aromatic rings. The van der Waals surface area contributed by atoms with Gasteiger partial charge in [0.2, 0.25) is 0 Å². The number of nitrogens with zero attached hydrogens (tertiary/aromatic N) is 1. The highest BCUT2D eigenvalue weighted by Gasteiger charge is 2.14. The van der Waals surface area contributed by atoms with Gasteiger partial charge in [0.1, 0.15) is 0 Å². The van der Waals surface area contributed by atoms with Crippen LogP contribution in [0.3, 0.4) is 0 Å². The minimum atomic E-state index is -0.990. The Labute approximate surface area is 99.8 Å². The molecular weight excluding hydrogens is 220 g/mol. The predicted molar refractivity (Wildman–Crippen MR) is 65.5 cm³/mol. The molecule has 5 nitrogen and oxygen atoms in total. The van der Waals surface area contributed by atoms with Gasteiger partial charge in [0.05, 0.1) is 12.2 Å². The van der Waals surface area contributed by atoms with Crippen molar-refractivity contribution in [1.29, 1.82) is 0 Å². The minimum absolute atomic E-state index is 0.160. The molecule has 1 aliphatic rings. The lowest BCUT2D eigenvalue weighted by Gasteiger charge is -2.22. The van der Waals surface area contributed by atoms with Crippen LogP contribution in [0.1, 0.15) is 16.8 Å². The van der Waals surface area contributed by atoms with Crippen LogP contribution in [0.4, 0.5) is 11.4 Å². The number of carboxylic acid groups (broad SMARTS) is 1. The number of hydrogen-bond donors (Lipinski definition) is 2. The van der Waals surface area contributed by atoms with Crippen LogP contribution in [0.2, 0.25) is 0 Å². The van der Waals surface area contributed by atoms with Gasteiger partial charge in [0.25, 0.3) is 0 Å². The summed E-state index contributed by atoms with van der Waals surface area (Å²) in [5.74, 6) is -0.990. The van der Waals surface area contributed by atoms with Crippen LogP contribution in [0.15, 0.2) is 18.2 Å². The molecule has 1 fully saturated rings. The van der Waals surface area contributed by atoms with Gasteiger partial charge in [-0.25, -0.2) is 4.79 Å². The van der Waals surface area contributed by atoms with Gasteiger partial charge in [-0.3, -0.25) is 0 Å². The fraction of sp³-hybridized carbons (Fsp3) is 0.417. The molecule has 0 aliphatic carbocycles. The van der Waals surface area contributed by atoms with E-state index in [2.05, 4.69) is 4.90 Å². The van der Waals surface area contributed by atoms with Crippen molar-refractivity contribution in [2.75, 3.05) is 36.9 Å². The van der Waals surface area contributed by atoms with Crippen molar-refractivity contribution in [3.8, 4) is 0 Å². The summed E-state index contributed by atoms with van der Waals surface area (Å²) in [6.45, 7) is 3.09. The maximum atomic E-state index is 11.0. The van der Waals surface area contributed by atoms with Gasteiger partial charge in [-0.2, -0.15) is 0 Å². The molecule has 5 heteroatoms. The summed E-state index contributed by atoms with van der Waals surface area (Å²) in [6.07, 6.45) is 0.951. The van der Waals surface area contributed by atoms with Crippen molar-refractivity contribution < 1.29 is 14.6 Å². The maximum absolute atomic E-state index is 11.0. The fourth-order valence-electron chi connectivity index (χ4n) is 1.93. The molecule has 1 aliphatic heterocycles. The molecular formula is C12H16N2O3. The first-order valence-electron chi connectivity index (χ1n) is 5.64. The molecule has 0 saturated carbocycles. The lowest BCUT2D eigenvalue weighted by atomic mass is 10.1. The standard InChI is InChI=1S/C12H16N2O3/c13-11-3-2-9(8-10(11)12(15)16)14-4-1-6-17-7-5-14/h2-3,8H,1,4-7,13H2,(H,15,16). The van der Waals surface area contributed by atoms with E-state index in [-0.39, 0.29) is 5.56 Å². The highest BCUT2D eigenvalue weighted by molar-refractivity contribution is 5.94. The summed E-state index contributed by atoms with van der Waals surface area (Å²) in [4.78, 5) is 13.1. The SMILES string of the molecule is Nc1ccc(N2CCCOCC2)cc1C(=O)O. The zero-order valence-corrected chi connectivity index (χ0v) is 9.56. The first-order valence-corrected chi connectivity index (χ1v) is 5.64. The van der Waals surface area contributed by atoms with Gasteiger partial charge in [0.15, 0.2) is 0 Å². The molecule has 0 amide bonds. The molecule has 92 valence electrons. The topological polar surface area (TPSA) is 75.8 Å². The van der Waals surface area contributed by atoms with E-state index in [1.54, 1.807) is 12.1 Å². The van der Waals surface area contributed by atoms with Gasteiger partial charge in [0, 0.05) is 31.1 Å². The van der Waals surface area contributed by atoms with Crippen molar-refractivity contribution in [3.05, 3.63) is 23.8 Å². The normalized spacial score (nSPS) is 16.6. The van der Waals surface area contributed by atoms with Crippen LogP contribution >= 0.6 is 0 Å². The largest absolute Gasteiger partial charge is 0.478 e. The van der Waals surface area contributed by atoms with E-state index in [0.29, 0.717) is 12.3 Å². The highest BCUT2D eigenvalue weighted by Crippen LogP contribution is 2.22. The molecule has 2 rings (SSSR count). The van der Waals surface area contributed by atoms with Crippen LogP contribution in [0, 0.1) is 0 Å². The average Bonchev–Trinajstić information content (AvgIpc) is 2.58. The molecule has 3 N–H and O–H groups in total. The molecule has 1 aromatic carbocycles. The Kier molecular flexibility index (Phi) is 3.49. The summed E-state index contributed by atoms with van der Waals surface area (Å²) >= 11 is 0. The summed E-state index contributed by atoms with van der Waals surface area (Å²) in [6, 6.07) is 5.13. The number of rotatable bonds is 2. The number of nitrogens with two attached hydrogens (primary N) is 1. The third-order valence-corrected chi connectivity index (χ3v) is 2.85. The Morgan fingerprint density at radius 3 is 2.94 bits per heavy atom. The molecule has 0 radical (unpaired) electrons. The van der Waals surface area contributed by atoms with E-state index >= 15 is 0 Å². The fourth-order valence-corrected chi connectivity index (χ4v) is 1.93. The summed E-state index contributed by atoms with van der Waals surface area (Å²) in [5, 5.41) is 9.02. The van der Waals surface area contributed by atoms with Gasteiger partial charge < -0.3 is 20.5 Å². The molecule has 0 unspecified atom stereocenters. The second kappa shape index (κ2) is 5.05. The summed E-state index contributed by atoms with van der Waals surface area (Å²) in [5.41, 5.74) is 6.98. The molecule has 0 atom stereocenters. The number of carbonyl (C=O) groups is 1. The van der Waals surface area contributed by atoms with Crippen molar-refractivity contribution in [2.24, 2.45) is 0 Å². The van der Waals surface area contributed by atoms with Crippen molar-refractivity contribution >= 4 is 17.3 Å². The van der Waals surface area contributed by atoms with Gasteiger partial charge in [-0.1, -0.05) is 0 Å². The van der Waals surface area contributed by atoms with Crippen LogP contribution in [-0.2, 0) is 4.74 Å². The third-order valence-electron chi connectivity index (χ3n) is 2.85. The summed E-state index contributed by atoms with van der Waals surface area (Å²) in [7, 11) is 0. The van der Waals surface area contributed by atoms with Crippen molar-refractivity contribution in [2.45, 2.75) is 6.42 Å². The smallest absolute Gasteiger partial charge is 0.337 e. The van der Waals surface area contributed by atoms with E-state index in [1.165, 1.54) is 0 Å². The summed E-state index contributed by atoms with van der Waals surface area (Å²) < 4.78 is 5.36. The third kappa shape index (κ3) is 2.68. The second-order valence-electron chi connectivity index (χ2n) is 4.03. The molecule has 0 bridgehead atoms. The maximum Gasteiger partial charge on any atom is 0.337 e. The van der Waals surface area contributed by atoms with E-state index in [9.17, 15) is 4.79 Å². The van der Waals surface area contributed by atoms with Crippen LogP contribution in [0.25, 0.3) is 0 Å². The predicted octanol–water partition coefficient (Wildman–Crippen LogP) is 1.19. The zero-order valence-electron chi connectivity index (χ0n) is 9.56. The Morgan fingerprint density at radius 2 is 2.18 bits per heavy atom. The Balaban J connectivity index is 2.25.